The van der Waals surface area contributed by atoms with Gasteiger partial charge in [-0.1, -0.05) is 6.07 Å². The molecule has 0 saturated heterocycles. The molecule has 0 amide bonds. The van der Waals surface area contributed by atoms with Gasteiger partial charge in [-0.05, 0) is 25.1 Å². The molecular weight excluding hydrogens is 262 g/mol. The number of hydrogen-bond donors (Lipinski definition) is 3. The van der Waals surface area contributed by atoms with Crippen molar-refractivity contribution in [2.75, 3.05) is 5.75 Å². The summed E-state index contributed by atoms with van der Waals surface area (Å²) in [5.41, 5.74) is -0.0372. The molecule has 0 fully saturated rings. The average molecular weight is 275 g/mol. The second kappa shape index (κ2) is 6.72. The molecule has 0 radical (unpaired) electrons. The van der Waals surface area contributed by atoms with E-state index < -0.39 is 22.0 Å². The van der Waals surface area contributed by atoms with E-state index >= 15 is 0 Å². The van der Waals surface area contributed by atoms with Gasteiger partial charge in [-0.25, -0.2) is 23.1 Å². The quantitative estimate of drug-likeness (QED) is 0.729. The summed E-state index contributed by atoms with van der Waals surface area (Å²) < 4.78 is 19.6. The van der Waals surface area contributed by atoms with Crippen molar-refractivity contribution in [3.63, 3.8) is 0 Å². The third-order valence-corrected chi connectivity index (χ3v) is 2.56. The molecule has 100 valence electrons. The van der Waals surface area contributed by atoms with E-state index in [0.717, 1.165) is 6.07 Å². The fourth-order valence-electron chi connectivity index (χ4n) is 0.785. The SMILES string of the molecule is CCS(N)(=O)=O.O=C(O)c1cccc(C(=O)O)c1. The molecule has 0 aliphatic carbocycles. The molecule has 0 bridgehead atoms. The van der Waals surface area contributed by atoms with Gasteiger partial charge in [0.1, 0.15) is 0 Å². The molecule has 8 heteroatoms. The Balaban J connectivity index is 0.000000411. The molecule has 0 spiro atoms. The lowest BCUT2D eigenvalue weighted by Gasteiger charge is -1.95. The van der Waals surface area contributed by atoms with Gasteiger partial charge in [0.25, 0.3) is 0 Å². The molecule has 0 atom stereocenters. The van der Waals surface area contributed by atoms with Crippen LogP contribution in [0, 0.1) is 0 Å². The zero-order chi connectivity index (χ0) is 14.3. The van der Waals surface area contributed by atoms with Crippen molar-refractivity contribution in [2.45, 2.75) is 6.92 Å². The number of carboxylic acid groups (broad SMARTS) is 2. The second-order valence-electron chi connectivity index (χ2n) is 3.14. The van der Waals surface area contributed by atoms with Gasteiger partial charge in [0.15, 0.2) is 0 Å². The van der Waals surface area contributed by atoms with Crippen LogP contribution in [0.15, 0.2) is 24.3 Å². The van der Waals surface area contributed by atoms with Crippen molar-refractivity contribution >= 4 is 22.0 Å². The first-order valence-electron chi connectivity index (χ1n) is 4.74. The van der Waals surface area contributed by atoms with Gasteiger partial charge in [0.2, 0.25) is 10.0 Å². The van der Waals surface area contributed by atoms with Crippen LogP contribution in [-0.4, -0.2) is 36.3 Å². The number of carbonyl (C=O) groups is 2. The maximum atomic E-state index is 10.4. The van der Waals surface area contributed by atoms with Crippen molar-refractivity contribution < 1.29 is 28.2 Å². The number of hydrogen-bond acceptors (Lipinski definition) is 4. The van der Waals surface area contributed by atoms with Crippen LogP contribution in [0.2, 0.25) is 0 Å². The zero-order valence-corrected chi connectivity index (χ0v) is 10.3. The summed E-state index contributed by atoms with van der Waals surface area (Å²) in [4.78, 5) is 20.8. The Labute approximate surface area is 104 Å². The number of aromatic carboxylic acids is 2. The fraction of sp³-hybridized carbons (Fsp3) is 0.200. The molecule has 4 N–H and O–H groups in total. The molecule has 1 aromatic carbocycles. The number of nitrogens with two attached hydrogens (primary N) is 1. The van der Waals surface area contributed by atoms with Crippen molar-refractivity contribution in [1.29, 1.82) is 0 Å². The molecule has 0 unspecified atom stereocenters. The summed E-state index contributed by atoms with van der Waals surface area (Å²) in [6, 6.07) is 5.20. The lowest BCUT2D eigenvalue weighted by molar-refractivity contribution is 0.0696. The van der Waals surface area contributed by atoms with Gasteiger partial charge < -0.3 is 10.2 Å². The highest BCUT2D eigenvalue weighted by Gasteiger charge is 2.06. The van der Waals surface area contributed by atoms with E-state index in [1.165, 1.54) is 25.1 Å². The van der Waals surface area contributed by atoms with Crippen LogP contribution in [0.4, 0.5) is 0 Å². The maximum Gasteiger partial charge on any atom is 0.335 e. The summed E-state index contributed by atoms with van der Waals surface area (Å²) >= 11 is 0. The van der Waals surface area contributed by atoms with E-state index in [2.05, 4.69) is 5.14 Å². The summed E-state index contributed by atoms with van der Waals surface area (Å²) in [6.07, 6.45) is 0. The van der Waals surface area contributed by atoms with Gasteiger partial charge in [-0.15, -0.1) is 0 Å². The number of primary sulfonamides is 1. The Kier molecular flexibility index (Phi) is 6.00. The van der Waals surface area contributed by atoms with Gasteiger partial charge >= 0.3 is 11.9 Å². The lowest BCUT2D eigenvalue weighted by atomic mass is 10.1. The van der Waals surface area contributed by atoms with Crippen LogP contribution in [-0.2, 0) is 10.0 Å². The van der Waals surface area contributed by atoms with Crippen molar-refractivity contribution in [1.82, 2.24) is 0 Å². The van der Waals surface area contributed by atoms with E-state index in [1.807, 2.05) is 0 Å². The molecule has 7 nitrogen and oxygen atoms in total. The Morgan fingerprint density at radius 1 is 1.17 bits per heavy atom. The molecule has 0 aliphatic heterocycles. The summed E-state index contributed by atoms with van der Waals surface area (Å²) in [7, 11) is -3.16. The van der Waals surface area contributed by atoms with Crippen molar-refractivity contribution in [3.8, 4) is 0 Å². The van der Waals surface area contributed by atoms with Gasteiger partial charge in [0, 0.05) is 0 Å². The van der Waals surface area contributed by atoms with E-state index in [9.17, 15) is 18.0 Å². The van der Waals surface area contributed by atoms with Crippen LogP contribution >= 0.6 is 0 Å². The third-order valence-electron chi connectivity index (χ3n) is 1.76. The predicted octanol–water partition coefficient (Wildman–Crippen LogP) is 0.378. The van der Waals surface area contributed by atoms with Crippen LogP contribution < -0.4 is 5.14 Å². The standard InChI is InChI=1S/C8H6O4.C2H7NO2S/c9-7(10)5-2-1-3-6(4-5)8(11)12;1-2-6(3,4)5/h1-4H,(H,9,10)(H,11,12);2H2,1H3,(H2,3,4,5). The Morgan fingerprint density at radius 2 is 1.50 bits per heavy atom. The minimum atomic E-state index is -3.16. The van der Waals surface area contributed by atoms with Gasteiger partial charge in [0.05, 0.1) is 16.9 Å². The number of carboxylic acids is 2. The highest BCUT2D eigenvalue weighted by Crippen LogP contribution is 2.04. The largest absolute Gasteiger partial charge is 0.478 e. The fourth-order valence-corrected chi connectivity index (χ4v) is 0.785. The van der Waals surface area contributed by atoms with E-state index in [1.54, 1.807) is 0 Å². The smallest absolute Gasteiger partial charge is 0.335 e. The molecule has 0 heterocycles. The van der Waals surface area contributed by atoms with E-state index in [-0.39, 0.29) is 16.9 Å². The molecule has 1 rings (SSSR count). The van der Waals surface area contributed by atoms with Crippen LogP contribution in [0.25, 0.3) is 0 Å². The monoisotopic (exact) mass is 275 g/mol. The molecular formula is C10H13NO6S. The zero-order valence-electron chi connectivity index (χ0n) is 9.53. The topological polar surface area (TPSA) is 135 Å². The number of benzene rings is 1. The van der Waals surface area contributed by atoms with Gasteiger partial charge in [-0.3, -0.25) is 0 Å². The average Bonchev–Trinajstić information content (AvgIpc) is 2.29. The maximum absolute atomic E-state index is 10.4. The third kappa shape index (κ3) is 6.61. The van der Waals surface area contributed by atoms with Gasteiger partial charge in [-0.2, -0.15) is 0 Å². The molecule has 0 saturated carbocycles. The Morgan fingerprint density at radius 3 is 1.72 bits per heavy atom. The van der Waals surface area contributed by atoms with E-state index in [4.69, 9.17) is 10.2 Å². The van der Waals surface area contributed by atoms with Crippen molar-refractivity contribution in [3.05, 3.63) is 35.4 Å². The highest BCUT2D eigenvalue weighted by molar-refractivity contribution is 7.89. The predicted molar refractivity (Wildman–Crippen MR) is 64.0 cm³/mol. The van der Waals surface area contributed by atoms with E-state index in [0.29, 0.717) is 0 Å². The van der Waals surface area contributed by atoms with Crippen LogP contribution in [0.5, 0.6) is 0 Å². The summed E-state index contributed by atoms with van der Waals surface area (Å²) in [6.45, 7) is 1.50. The normalized spacial score (nSPS) is 10.1. The highest BCUT2D eigenvalue weighted by atomic mass is 32.2. The minimum Gasteiger partial charge on any atom is -0.478 e. The Bertz CT molecular complexity index is 508. The van der Waals surface area contributed by atoms with Crippen molar-refractivity contribution in [2.24, 2.45) is 5.14 Å². The first-order valence-corrected chi connectivity index (χ1v) is 6.46. The molecule has 1 aromatic rings. The number of sulfonamides is 1. The summed E-state index contributed by atoms with van der Waals surface area (Å²) in [5.74, 6) is -2.23. The first kappa shape index (κ1) is 16.1. The second-order valence-corrected chi connectivity index (χ2v) is 5.05. The van der Waals surface area contributed by atoms with Crippen LogP contribution in [0.3, 0.4) is 0 Å². The number of rotatable bonds is 3. The first-order chi connectivity index (χ1) is 8.17. The molecule has 18 heavy (non-hydrogen) atoms. The molecule has 0 aromatic heterocycles. The summed E-state index contributed by atoms with van der Waals surface area (Å²) in [5, 5.41) is 21.5. The minimum absolute atomic E-state index is 0.0186. The Hall–Kier alpha value is -1.93. The molecule has 0 aliphatic rings. The lowest BCUT2D eigenvalue weighted by Crippen LogP contribution is -2.13. The van der Waals surface area contributed by atoms with Crippen LogP contribution in [0.1, 0.15) is 27.6 Å².